The lowest BCUT2D eigenvalue weighted by Crippen LogP contribution is -2.08. The maximum atomic E-state index is 9.53. The van der Waals surface area contributed by atoms with Crippen LogP contribution in [-0.4, -0.2) is 16.7 Å². The fraction of sp³-hybridized carbons (Fsp3) is 0.267. The van der Waals surface area contributed by atoms with Crippen molar-refractivity contribution in [3.05, 3.63) is 63.9 Å². The summed E-state index contributed by atoms with van der Waals surface area (Å²) < 4.78 is 0.974. The van der Waals surface area contributed by atoms with Gasteiger partial charge in [0.1, 0.15) is 0 Å². The van der Waals surface area contributed by atoms with Gasteiger partial charge in [0, 0.05) is 22.3 Å². The first-order valence-corrected chi connectivity index (χ1v) is 6.76. The summed E-state index contributed by atoms with van der Waals surface area (Å²) in [4.78, 5) is 4.35. The van der Waals surface area contributed by atoms with Crippen molar-refractivity contribution in [2.24, 2.45) is 0 Å². The van der Waals surface area contributed by atoms with Crippen molar-refractivity contribution in [3.8, 4) is 0 Å². The molecule has 0 aliphatic carbocycles. The van der Waals surface area contributed by atoms with Gasteiger partial charge in [-0.3, -0.25) is 4.98 Å². The van der Waals surface area contributed by atoms with E-state index in [1.54, 1.807) is 6.20 Å². The normalized spacial score (nSPS) is 12.4. The Hall–Kier alpha value is -1.19. The fourth-order valence-electron chi connectivity index (χ4n) is 1.91. The highest BCUT2D eigenvalue weighted by atomic mass is 79.9. The van der Waals surface area contributed by atoms with Gasteiger partial charge >= 0.3 is 0 Å². The van der Waals surface area contributed by atoms with Crippen LogP contribution in [0.3, 0.4) is 0 Å². The molecule has 2 aromatic rings. The second-order valence-corrected chi connectivity index (χ2v) is 5.38. The number of rotatable bonds is 4. The lowest BCUT2D eigenvalue weighted by atomic mass is 9.94. The topological polar surface area (TPSA) is 33.1 Å². The van der Waals surface area contributed by atoms with Crippen LogP contribution in [0, 0.1) is 6.92 Å². The summed E-state index contributed by atoms with van der Waals surface area (Å²) >= 11 is 3.37. The monoisotopic (exact) mass is 305 g/mol. The lowest BCUT2D eigenvalue weighted by molar-refractivity contribution is 0.264. The van der Waals surface area contributed by atoms with E-state index in [1.165, 1.54) is 5.56 Å². The summed E-state index contributed by atoms with van der Waals surface area (Å²) in [5, 5.41) is 9.53. The Labute approximate surface area is 116 Å². The molecule has 1 aromatic carbocycles. The Bertz CT molecular complexity index is 493. The number of pyridine rings is 1. The van der Waals surface area contributed by atoms with Gasteiger partial charge < -0.3 is 5.11 Å². The third-order valence-corrected chi connectivity index (χ3v) is 3.48. The number of benzene rings is 1. The molecule has 1 heterocycles. The molecule has 0 aliphatic heterocycles. The van der Waals surface area contributed by atoms with Gasteiger partial charge in [-0.05, 0) is 47.0 Å². The van der Waals surface area contributed by atoms with Gasteiger partial charge in [0.05, 0.1) is 6.61 Å². The summed E-state index contributed by atoms with van der Waals surface area (Å²) in [5.41, 5.74) is 3.39. The van der Waals surface area contributed by atoms with E-state index >= 15 is 0 Å². The quantitative estimate of drug-likeness (QED) is 0.938. The van der Waals surface area contributed by atoms with Crippen LogP contribution in [0.1, 0.15) is 22.7 Å². The molecule has 0 saturated heterocycles. The van der Waals surface area contributed by atoms with Gasteiger partial charge in [0.2, 0.25) is 0 Å². The smallest absolute Gasteiger partial charge is 0.0503 e. The SMILES string of the molecule is Cc1ccc(C(CO)Cc2ccc(Br)cn2)cc1. The molecule has 18 heavy (non-hydrogen) atoms. The summed E-state index contributed by atoms with van der Waals surface area (Å²) in [5.74, 6) is 0.110. The number of hydrogen-bond donors (Lipinski definition) is 1. The van der Waals surface area contributed by atoms with Crippen LogP contribution < -0.4 is 0 Å². The van der Waals surface area contributed by atoms with E-state index < -0.39 is 0 Å². The zero-order valence-electron chi connectivity index (χ0n) is 10.3. The van der Waals surface area contributed by atoms with Gasteiger partial charge in [0.15, 0.2) is 0 Å². The van der Waals surface area contributed by atoms with E-state index in [4.69, 9.17) is 0 Å². The number of aliphatic hydroxyl groups excluding tert-OH is 1. The van der Waals surface area contributed by atoms with Crippen molar-refractivity contribution in [2.75, 3.05) is 6.61 Å². The zero-order chi connectivity index (χ0) is 13.0. The summed E-state index contributed by atoms with van der Waals surface area (Å²) in [6.07, 6.45) is 2.55. The summed E-state index contributed by atoms with van der Waals surface area (Å²) in [6.45, 7) is 2.20. The van der Waals surface area contributed by atoms with Crippen LogP contribution in [0.25, 0.3) is 0 Å². The number of hydrogen-bond acceptors (Lipinski definition) is 2. The van der Waals surface area contributed by atoms with Gasteiger partial charge in [-0.25, -0.2) is 0 Å². The predicted octanol–water partition coefficient (Wildman–Crippen LogP) is 3.47. The Morgan fingerprint density at radius 3 is 2.44 bits per heavy atom. The minimum Gasteiger partial charge on any atom is -0.396 e. The molecule has 0 aliphatic rings. The van der Waals surface area contributed by atoms with Gasteiger partial charge in [-0.15, -0.1) is 0 Å². The maximum absolute atomic E-state index is 9.53. The maximum Gasteiger partial charge on any atom is 0.0503 e. The minimum absolute atomic E-state index is 0.110. The molecule has 0 amide bonds. The van der Waals surface area contributed by atoms with Crippen LogP contribution >= 0.6 is 15.9 Å². The van der Waals surface area contributed by atoms with Gasteiger partial charge in [0.25, 0.3) is 0 Å². The number of aliphatic hydroxyl groups is 1. The molecular formula is C15H16BrNO. The average molecular weight is 306 g/mol. The standard InChI is InChI=1S/C15H16BrNO/c1-11-2-4-12(5-3-11)13(10-18)8-15-7-6-14(16)9-17-15/h2-7,9,13,18H,8,10H2,1H3. The second kappa shape index (κ2) is 6.12. The molecule has 1 atom stereocenters. The third-order valence-electron chi connectivity index (χ3n) is 3.01. The first-order valence-electron chi connectivity index (χ1n) is 5.97. The number of halogens is 1. The molecule has 0 radical (unpaired) electrons. The highest BCUT2D eigenvalue weighted by molar-refractivity contribution is 9.10. The fourth-order valence-corrected chi connectivity index (χ4v) is 2.14. The first-order chi connectivity index (χ1) is 8.69. The molecule has 1 unspecified atom stereocenters. The van der Waals surface area contributed by atoms with E-state index in [9.17, 15) is 5.11 Å². The number of nitrogens with zero attached hydrogens (tertiary/aromatic N) is 1. The van der Waals surface area contributed by atoms with E-state index in [0.717, 1.165) is 22.2 Å². The van der Waals surface area contributed by atoms with Crippen LogP contribution in [0.5, 0.6) is 0 Å². The van der Waals surface area contributed by atoms with Crippen molar-refractivity contribution in [1.82, 2.24) is 4.98 Å². The Morgan fingerprint density at radius 2 is 1.89 bits per heavy atom. The minimum atomic E-state index is 0.110. The molecule has 94 valence electrons. The molecule has 2 nitrogen and oxygen atoms in total. The largest absolute Gasteiger partial charge is 0.396 e. The molecule has 0 spiro atoms. The van der Waals surface area contributed by atoms with Crippen molar-refractivity contribution < 1.29 is 5.11 Å². The predicted molar refractivity (Wildman–Crippen MR) is 76.6 cm³/mol. The van der Waals surface area contributed by atoms with Crippen molar-refractivity contribution in [1.29, 1.82) is 0 Å². The van der Waals surface area contributed by atoms with Crippen LogP contribution in [-0.2, 0) is 6.42 Å². The van der Waals surface area contributed by atoms with E-state index in [-0.39, 0.29) is 12.5 Å². The van der Waals surface area contributed by atoms with E-state index in [0.29, 0.717) is 0 Å². The number of aryl methyl sites for hydroxylation is 1. The van der Waals surface area contributed by atoms with Crippen LogP contribution in [0.2, 0.25) is 0 Å². The van der Waals surface area contributed by atoms with Gasteiger partial charge in [-0.2, -0.15) is 0 Å². The molecule has 3 heteroatoms. The zero-order valence-corrected chi connectivity index (χ0v) is 11.9. The van der Waals surface area contributed by atoms with E-state index in [2.05, 4.69) is 52.1 Å². The van der Waals surface area contributed by atoms with Gasteiger partial charge in [-0.1, -0.05) is 29.8 Å². The molecule has 0 bridgehead atoms. The lowest BCUT2D eigenvalue weighted by Gasteiger charge is -2.14. The number of aromatic nitrogens is 1. The molecule has 1 N–H and O–H groups in total. The molecule has 2 rings (SSSR count). The molecule has 0 saturated carbocycles. The Kier molecular flexibility index (Phi) is 4.50. The summed E-state index contributed by atoms with van der Waals surface area (Å²) in [6, 6.07) is 12.3. The molecular weight excluding hydrogens is 290 g/mol. The first kappa shape index (κ1) is 13.2. The van der Waals surface area contributed by atoms with Crippen LogP contribution in [0.15, 0.2) is 47.1 Å². The Balaban J connectivity index is 2.14. The highest BCUT2D eigenvalue weighted by Crippen LogP contribution is 2.20. The third kappa shape index (κ3) is 3.40. The highest BCUT2D eigenvalue weighted by Gasteiger charge is 2.11. The molecule has 0 fully saturated rings. The average Bonchev–Trinajstić information content (AvgIpc) is 2.39. The van der Waals surface area contributed by atoms with Crippen molar-refractivity contribution in [3.63, 3.8) is 0 Å². The van der Waals surface area contributed by atoms with Crippen molar-refractivity contribution >= 4 is 15.9 Å². The van der Waals surface area contributed by atoms with E-state index in [1.807, 2.05) is 12.1 Å². The van der Waals surface area contributed by atoms with Crippen molar-refractivity contribution in [2.45, 2.75) is 19.3 Å². The Morgan fingerprint density at radius 1 is 1.17 bits per heavy atom. The summed E-state index contributed by atoms with van der Waals surface area (Å²) in [7, 11) is 0. The van der Waals surface area contributed by atoms with Crippen LogP contribution in [0.4, 0.5) is 0 Å². The molecule has 1 aromatic heterocycles. The second-order valence-electron chi connectivity index (χ2n) is 4.46.